The molecule has 1 aromatic heterocycles. The molecule has 6 heteroatoms. The zero-order valence-electron chi connectivity index (χ0n) is 8.93. The second-order valence-electron chi connectivity index (χ2n) is 4.02. The van der Waals surface area contributed by atoms with Crippen LogP contribution in [0.4, 0.5) is 0 Å². The molecule has 1 heterocycles. The van der Waals surface area contributed by atoms with Gasteiger partial charge in [-0.25, -0.2) is 13.1 Å². The van der Waals surface area contributed by atoms with Crippen LogP contribution in [-0.2, 0) is 10.0 Å². The Hall–Kier alpha value is -1.14. The molecule has 0 spiro atoms. The molecule has 0 saturated heterocycles. The van der Waals surface area contributed by atoms with Crippen molar-refractivity contribution in [3.63, 3.8) is 0 Å². The van der Waals surface area contributed by atoms with Gasteiger partial charge in [-0.3, -0.25) is 4.79 Å². The molecule has 88 valence electrons. The predicted octanol–water partition coefficient (Wildman–Crippen LogP) is 0.452. The molecule has 5 nitrogen and oxygen atoms in total. The summed E-state index contributed by atoms with van der Waals surface area (Å²) in [4.78, 5) is 13.3. The number of aromatic amines is 1. The topological polar surface area (TPSA) is 79.0 Å². The maximum absolute atomic E-state index is 11.8. The summed E-state index contributed by atoms with van der Waals surface area (Å²) < 4.78 is 26.3. The number of pyridine rings is 1. The van der Waals surface area contributed by atoms with Crippen molar-refractivity contribution in [3.8, 4) is 0 Å². The number of H-pyrrole nitrogens is 1. The van der Waals surface area contributed by atoms with Crippen LogP contribution in [0.2, 0.25) is 0 Å². The fourth-order valence-electron chi connectivity index (χ4n) is 1.67. The first-order valence-electron chi connectivity index (χ1n) is 5.24. The normalized spacial score (nSPS) is 24.3. The molecule has 1 aliphatic carbocycles. The lowest BCUT2D eigenvalue weighted by atomic mass is 10.3. The molecule has 2 atom stereocenters. The number of hydrogen-bond acceptors (Lipinski definition) is 3. The maximum atomic E-state index is 11.8. The summed E-state index contributed by atoms with van der Waals surface area (Å²) in [5.41, 5.74) is -0.309. The van der Waals surface area contributed by atoms with Gasteiger partial charge in [0.15, 0.2) is 0 Å². The molecule has 1 aromatic rings. The van der Waals surface area contributed by atoms with E-state index in [9.17, 15) is 13.2 Å². The van der Waals surface area contributed by atoms with Gasteiger partial charge in [0.25, 0.3) is 0 Å². The molecule has 0 aromatic carbocycles. The van der Waals surface area contributed by atoms with Crippen LogP contribution in [0.15, 0.2) is 28.0 Å². The molecule has 0 bridgehead atoms. The third-order valence-electron chi connectivity index (χ3n) is 2.82. The van der Waals surface area contributed by atoms with E-state index in [1.807, 2.05) is 6.92 Å². The molecule has 0 amide bonds. The second-order valence-corrected chi connectivity index (χ2v) is 5.73. The molecular weight excluding hydrogens is 228 g/mol. The lowest BCUT2D eigenvalue weighted by molar-refractivity contribution is 0.575. The monoisotopic (exact) mass is 242 g/mol. The minimum atomic E-state index is -3.48. The molecule has 2 N–H and O–H groups in total. The zero-order valence-corrected chi connectivity index (χ0v) is 9.75. The summed E-state index contributed by atoms with van der Waals surface area (Å²) in [7, 11) is -3.48. The fourth-order valence-corrected chi connectivity index (χ4v) is 2.96. The van der Waals surface area contributed by atoms with Gasteiger partial charge in [0.05, 0.1) is 4.90 Å². The Kier molecular flexibility index (Phi) is 2.86. The Morgan fingerprint density at radius 1 is 1.50 bits per heavy atom. The highest BCUT2D eigenvalue weighted by Crippen LogP contribution is 2.34. The van der Waals surface area contributed by atoms with Crippen molar-refractivity contribution in [2.45, 2.75) is 30.7 Å². The highest BCUT2D eigenvalue weighted by molar-refractivity contribution is 7.89. The number of hydrogen-bond donors (Lipinski definition) is 2. The molecule has 1 fully saturated rings. The Labute approximate surface area is 93.9 Å². The van der Waals surface area contributed by atoms with Gasteiger partial charge in [0, 0.05) is 18.3 Å². The van der Waals surface area contributed by atoms with E-state index >= 15 is 0 Å². The van der Waals surface area contributed by atoms with Gasteiger partial charge in [0.1, 0.15) is 0 Å². The molecule has 2 rings (SSSR count). The largest absolute Gasteiger partial charge is 0.328 e. The minimum absolute atomic E-state index is 0.0573. The number of sulfonamides is 1. The standard InChI is InChI=1S/C10H14N2O3S/c1-2-7-5-9(7)12-16(14,15)8-3-4-10(13)11-6-8/h3-4,6-7,9,12H,2,5H2,1H3,(H,11,13). The summed E-state index contributed by atoms with van der Waals surface area (Å²) in [6, 6.07) is 2.57. The van der Waals surface area contributed by atoms with Crippen molar-refractivity contribution in [2.24, 2.45) is 5.92 Å². The Morgan fingerprint density at radius 3 is 2.75 bits per heavy atom. The number of rotatable bonds is 4. The van der Waals surface area contributed by atoms with Crippen LogP contribution >= 0.6 is 0 Å². The van der Waals surface area contributed by atoms with Crippen LogP contribution in [-0.4, -0.2) is 19.4 Å². The number of aromatic nitrogens is 1. The van der Waals surface area contributed by atoms with Gasteiger partial charge >= 0.3 is 0 Å². The zero-order chi connectivity index (χ0) is 11.8. The van der Waals surface area contributed by atoms with Crippen LogP contribution in [0.3, 0.4) is 0 Å². The third-order valence-corrected chi connectivity index (χ3v) is 4.31. The average Bonchev–Trinajstić information content (AvgIpc) is 2.96. The summed E-state index contributed by atoms with van der Waals surface area (Å²) in [6.45, 7) is 2.04. The lowest BCUT2D eigenvalue weighted by Gasteiger charge is -2.05. The Balaban J connectivity index is 2.13. The highest BCUT2D eigenvalue weighted by atomic mass is 32.2. The van der Waals surface area contributed by atoms with Crippen molar-refractivity contribution in [3.05, 3.63) is 28.7 Å². The average molecular weight is 242 g/mol. The smallest absolute Gasteiger partial charge is 0.247 e. The fraction of sp³-hybridized carbons (Fsp3) is 0.500. The maximum Gasteiger partial charge on any atom is 0.247 e. The van der Waals surface area contributed by atoms with E-state index in [1.165, 1.54) is 18.3 Å². The van der Waals surface area contributed by atoms with Crippen LogP contribution in [0.5, 0.6) is 0 Å². The Morgan fingerprint density at radius 2 is 2.25 bits per heavy atom. The van der Waals surface area contributed by atoms with Gasteiger partial charge in [-0.05, 0) is 18.4 Å². The van der Waals surface area contributed by atoms with Gasteiger partial charge in [-0.15, -0.1) is 0 Å². The number of nitrogens with one attached hydrogen (secondary N) is 2. The lowest BCUT2D eigenvalue weighted by Crippen LogP contribution is -2.27. The van der Waals surface area contributed by atoms with Crippen molar-refractivity contribution in [1.82, 2.24) is 9.71 Å². The van der Waals surface area contributed by atoms with Crippen LogP contribution in [0, 0.1) is 5.92 Å². The van der Waals surface area contributed by atoms with Crippen LogP contribution in [0.1, 0.15) is 19.8 Å². The summed E-state index contributed by atoms with van der Waals surface area (Å²) in [5.74, 6) is 0.456. The van der Waals surface area contributed by atoms with Gasteiger partial charge < -0.3 is 4.98 Å². The van der Waals surface area contributed by atoms with E-state index in [1.54, 1.807) is 0 Å². The summed E-state index contributed by atoms with van der Waals surface area (Å²) in [5, 5.41) is 0. The molecule has 1 aliphatic rings. The van der Waals surface area contributed by atoms with Gasteiger partial charge in [0.2, 0.25) is 15.6 Å². The van der Waals surface area contributed by atoms with Crippen molar-refractivity contribution in [2.75, 3.05) is 0 Å². The van der Waals surface area contributed by atoms with E-state index in [4.69, 9.17) is 0 Å². The first-order valence-corrected chi connectivity index (χ1v) is 6.72. The molecule has 0 aliphatic heterocycles. The van der Waals surface area contributed by atoms with Crippen molar-refractivity contribution < 1.29 is 8.42 Å². The van der Waals surface area contributed by atoms with Crippen LogP contribution < -0.4 is 10.3 Å². The van der Waals surface area contributed by atoms with E-state index in [2.05, 4.69) is 9.71 Å². The third kappa shape index (κ3) is 2.33. The van der Waals surface area contributed by atoms with E-state index in [-0.39, 0.29) is 16.5 Å². The van der Waals surface area contributed by atoms with E-state index in [0.717, 1.165) is 12.8 Å². The molecule has 2 unspecified atom stereocenters. The summed E-state index contributed by atoms with van der Waals surface area (Å²) >= 11 is 0. The minimum Gasteiger partial charge on any atom is -0.328 e. The molecular formula is C10H14N2O3S. The molecule has 0 radical (unpaired) electrons. The SMILES string of the molecule is CCC1CC1NS(=O)(=O)c1ccc(=O)[nH]c1. The van der Waals surface area contributed by atoms with E-state index in [0.29, 0.717) is 5.92 Å². The van der Waals surface area contributed by atoms with Gasteiger partial charge in [-0.1, -0.05) is 13.3 Å². The quantitative estimate of drug-likeness (QED) is 0.804. The van der Waals surface area contributed by atoms with Crippen LogP contribution in [0.25, 0.3) is 0 Å². The van der Waals surface area contributed by atoms with Crippen molar-refractivity contribution in [1.29, 1.82) is 0 Å². The predicted molar refractivity (Wildman–Crippen MR) is 59.6 cm³/mol. The van der Waals surface area contributed by atoms with Gasteiger partial charge in [-0.2, -0.15) is 0 Å². The summed E-state index contributed by atoms with van der Waals surface area (Å²) in [6.07, 6.45) is 3.10. The molecule has 1 saturated carbocycles. The van der Waals surface area contributed by atoms with Crippen molar-refractivity contribution >= 4 is 10.0 Å². The first-order chi connectivity index (χ1) is 7.53. The second kappa shape index (κ2) is 4.03. The van der Waals surface area contributed by atoms with E-state index < -0.39 is 10.0 Å². The first kappa shape index (κ1) is 11.3. The Bertz CT molecular complexity index is 515. The molecule has 16 heavy (non-hydrogen) atoms. The highest BCUT2D eigenvalue weighted by Gasteiger charge is 2.38.